The number of aliphatic carboxylic acids is 1. The molecule has 1 atom stereocenters. The molecule has 24 heavy (non-hydrogen) atoms. The average Bonchev–Trinajstić information content (AvgIpc) is 2.76. The molecule has 1 heterocycles. The van der Waals surface area contributed by atoms with Crippen molar-refractivity contribution in [1.29, 1.82) is 0 Å². The van der Waals surface area contributed by atoms with Gasteiger partial charge in [0.1, 0.15) is 5.82 Å². The molecule has 9 heteroatoms. The van der Waals surface area contributed by atoms with Gasteiger partial charge >= 0.3 is 5.97 Å². The number of hydrogen-bond acceptors (Lipinski definition) is 3. The summed E-state index contributed by atoms with van der Waals surface area (Å²) in [6.07, 6.45) is -0.434. The molecule has 0 radical (unpaired) electrons. The first-order valence-corrected chi connectivity index (χ1v) is 7.63. The SMILES string of the molecule is Cc1c(Cl)c(C(=O)NC(CC(=O)O)c2ccc(Cl)c(F)c2)nn1C. The minimum absolute atomic E-state index is 0.0264. The normalized spacial score (nSPS) is 12.0. The second-order valence-corrected chi connectivity index (χ2v) is 5.95. The third-order valence-corrected chi connectivity index (χ3v) is 4.27. The van der Waals surface area contributed by atoms with Crippen molar-refractivity contribution in [2.24, 2.45) is 7.05 Å². The molecule has 0 bridgehead atoms. The zero-order chi connectivity index (χ0) is 18.0. The Bertz CT molecular complexity index is 808. The molecule has 1 aromatic carbocycles. The Kier molecular flexibility index (Phi) is 5.46. The van der Waals surface area contributed by atoms with Crippen LogP contribution < -0.4 is 5.32 Å². The number of rotatable bonds is 5. The van der Waals surface area contributed by atoms with E-state index in [1.165, 1.54) is 16.8 Å². The molecule has 1 unspecified atom stereocenters. The predicted molar refractivity (Wildman–Crippen MR) is 86.8 cm³/mol. The van der Waals surface area contributed by atoms with Crippen LogP contribution in [-0.2, 0) is 11.8 Å². The minimum atomic E-state index is -1.15. The zero-order valence-corrected chi connectivity index (χ0v) is 14.3. The van der Waals surface area contributed by atoms with Gasteiger partial charge in [0.25, 0.3) is 5.91 Å². The number of nitrogens with zero attached hydrogens (tertiary/aromatic N) is 2. The summed E-state index contributed by atoms with van der Waals surface area (Å²) in [5, 5.41) is 15.6. The molecule has 2 N–H and O–H groups in total. The molecule has 1 amide bonds. The van der Waals surface area contributed by atoms with Gasteiger partial charge in [-0.2, -0.15) is 5.10 Å². The van der Waals surface area contributed by atoms with Gasteiger partial charge in [0, 0.05) is 7.05 Å². The fourth-order valence-electron chi connectivity index (χ4n) is 2.11. The Hall–Kier alpha value is -2.12. The first kappa shape index (κ1) is 18.2. The van der Waals surface area contributed by atoms with Crippen LogP contribution in [-0.4, -0.2) is 26.8 Å². The van der Waals surface area contributed by atoms with Crippen LogP contribution in [0.3, 0.4) is 0 Å². The number of hydrogen-bond donors (Lipinski definition) is 2. The monoisotopic (exact) mass is 373 g/mol. The van der Waals surface area contributed by atoms with Crippen molar-refractivity contribution >= 4 is 35.1 Å². The van der Waals surface area contributed by atoms with E-state index in [1.54, 1.807) is 14.0 Å². The number of amides is 1. The van der Waals surface area contributed by atoms with Crippen LogP contribution in [0.4, 0.5) is 4.39 Å². The van der Waals surface area contributed by atoms with Crippen LogP contribution in [0.25, 0.3) is 0 Å². The molecule has 0 aliphatic rings. The highest BCUT2D eigenvalue weighted by Gasteiger charge is 2.24. The van der Waals surface area contributed by atoms with E-state index in [4.69, 9.17) is 28.3 Å². The van der Waals surface area contributed by atoms with Crippen molar-refractivity contribution in [2.75, 3.05) is 0 Å². The molecule has 0 spiro atoms. The Morgan fingerprint density at radius 1 is 1.42 bits per heavy atom. The topological polar surface area (TPSA) is 84.2 Å². The first-order valence-electron chi connectivity index (χ1n) is 6.87. The highest BCUT2D eigenvalue weighted by atomic mass is 35.5. The summed E-state index contributed by atoms with van der Waals surface area (Å²) in [6, 6.07) is 2.87. The van der Waals surface area contributed by atoms with E-state index in [2.05, 4.69) is 10.4 Å². The lowest BCUT2D eigenvalue weighted by atomic mass is 10.0. The lowest BCUT2D eigenvalue weighted by molar-refractivity contribution is -0.137. The van der Waals surface area contributed by atoms with Crippen LogP contribution in [0.1, 0.15) is 34.2 Å². The Morgan fingerprint density at radius 2 is 2.08 bits per heavy atom. The number of benzene rings is 1. The van der Waals surface area contributed by atoms with Gasteiger partial charge in [-0.3, -0.25) is 14.3 Å². The van der Waals surface area contributed by atoms with Crippen LogP contribution in [0, 0.1) is 12.7 Å². The molecule has 0 aliphatic carbocycles. The van der Waals surface area contributed by atoms with Crippen molar-refractivity contribution < 1.29 is 19.1 Å². The number of aryl methyl sites for hydroxylation is 1. The maximum atomic E-state index is 13.6. The molecule has 1 aromatic heterocycles. The second-order valence-electron chi connectivity index (χ2n) is 5.17. The molecule has 6 nitrogen and oxygen atoms in total. The first-order chi connectivity index (χ1) is 11.2. The quantitative estimate of drug-likeness (QED) is 0.842. The van der Waals surface area contributed by atoms with E-state index in [-0.39, 0.29) is 21.3 Å². The van der Waals surface area contributed by atoms with Gasteiger partial charge in [-0.15, -0.1) is 0 Å². The van der Waals surface area contributed by atoms with E-state index in [0.29, 0.717) is 5.69 Å². The maximum Gasteiger partial charge on any atom is 0.305 e. The Morgan fingerprint density at radius 3 is 2.58 bits per heavy atom. The van der Waals surface area contributed by atoms with E-state index in [9.17, 15) is 14.0 Å². The zero-order valence-electron chi connectivity index (χ0n) is 12.8. The van der Waals surface area contributed by atoms with Gasteiger partial charge in [-0.1, -0.05) is 29.3 Å². The van der Waals surface area contributed by atoms with Gasteiger partial charge in [-0.05, 0) is 24.6 Å². The van der Waals surface area contributed by atoms with Gasteiger partial charge < -0.3 is 10.4 Å². The molecule has 0 saturated heterocycles. The summed E-state index contributed by atoms with van der Waals surface area (Å²) in [7, 11) is 1.63. The molecule has 128 valence electrons. The lowest BCUT2D eigenvalue weighted by Gasteiger charge is -2.17. The summed E-state index contributed by atoms with van der Waals surface area (Å²) in [5.41, 5.74) is 0.840. The van der Waals surface area contributed by atoms with Crippen molar-refractivity contribution in [3.05, 3.63) is 51.0 Å². The standard InChI is InChI=1S/C15H14Cl2FN3O3/c1-7-13(17)14(20-21(7)2)15(24)19-11(6-12(22)23)8-3-4-9(16)10(18)5-8/h3-5,11H,6H2,1-2H3,(H,19,24)(H,22,23). The van der Waals surface area contributed by atoms with E-state index in [0.717, 1.165) is 6.07 Å². The van der Waals surface area contributed by atoms with Crippen LogP contribution >= 0.6 is 23.2 Å². The number of carbonyl (C=O) groups is 2. The number of carboxylic acids is 1. The van der Waals surface area contributed by atoms with Gasteiger partial charge in [-0.25, -0.2) is 4.39 Å². The van der Waals surface area contributed by atoms with E-state index in [1.807, 2.05) is 0 Å². The van der Waals surface area contributed by atoms with Crippen molar-refractivity contribution in [2.45, 2.75) is 19.4 Å². The largest absolute Gasteiger partial charge is 0.481 e. The molecule has 2 rings (SSSR count). The fourth-order valence-corrected chi connectivity index (χ4v) is 2.47. The molecule has 0 fully saturated rings. The number of carboxylic acid groups (broad SMARTS) is 1. The highest BCUT2D eigenvalue weighted by molar-refractivity contribution is 6.34. The summed E-state index contributed by atoms with van der Waals surface area (Å²) in [5.74, 6) is -2.50. The van der Waals surface area contributed by atoms with Gasteiger partial charge in [0.15, 0.2) is 5.69 Å². The van der Waals surface area contributed by atoms with Crippen LogP contribution in [0.15, 0.2) is 18.2 Å². The molecular formula is C15H14Cl2FN3O3. The minimum Gasteiger partial charge on any atom is -0.481 e. The maximum absolute atomic E-state index is 13.6. The van der Waals surface area contributed by atoms with Crippen molar-refractivity contribution in [1.82, 2.24) is 15.1 Å². The smallest absolute Gasteiger partial charge is 0.305 e. The molecule has 2 aromatic rings. The summed E-state index contributed by atoms with van der Waals surface area (Å²) in [4.78, 5) is 23.4. The molecule has 0 aliphatic heterocycles. The molecular weight excluding hydrogens is 360 g/mol. The Balaban J connectivity index is 2.31. The van der Waals surface area contributed by atoms with E-state index < -0.39 is 30.2 Å². The second kappa shape index (κ2) is 7.19. The fraction of sp³-hybridized carbons (Fsp3) is 0.267. The van der Waals surface area contributed by atoms with Gasteiger partial charge in [0.2, 0.25) is 0 Å². The Labute approximate surface area is 147 Å². The molecule has 0 saturated carbocycles. The van der Waals surface area contributed by atoms with Crippen molar-refractivity contribution in [3.63, 3.8) is 0 Å². The summed E-state index contributed by atoms with van der Waals surface area (Å²) < 4.78 is 15.1. The lowest BCUT2D eigenvalue weighted by Crippen LogP contribution is -2.30. The third kappa shape index (κ3) is 3.85. The summed E-state index contributed by atoms with van der Waals surface area (Å²) in [6.45, 7) is 1.69. The number of aromatic nitrogens is 2. The van der Waals surface area contributed by atoms with Crippen molar-refractivity contribution in [3.8, 4) is 0 Å². The highest BCUT2D eigenvalue weighted by Crippen LogP contribution is 2.24. The number of halogens is 3. The van der Waals surface area contributed by atoms with Crippen LogP contribution in [0.5, 0.6) is 0 Å². The van der Waals surface area contributed by atoms with E-state index >= 15 is 0 Å². The third-order valence-electron chi connectivity index (χ3n) is 3.51. The summed E-state index contributed by atoms with van der Waals surface area (Å²) >= 11 is 11.7. The average molecular weight is 374 g/mol. The predicted octanol–water partition coefficient (Wildman–Crippen LogP) is 3.12. The number of carbonyl (C=O) groups excluding carboxylic acids is 1. The number of nitrogens with one attached hydrogen (secondary N) is 1. The van der Waals surface area contributed by atoms with Gasteiger partial charge in [0.05, 0.1) is 28.2 Å². The van der Waals surface area contributed by atoms with Crippen LogP contribution in [0.2, 0.25) is 10.0 Å².